The zero-order valence-corrected chi connectivity index (χ0v) is 21.6. The van der Waals surface area contributed by atoms with Crippen molar-refractivity contribution in [2.24, 2.45) is 0 Å². The van der Waals surface area contributed by atoms with E-state index in [9.17, 15) is 23.2 Å². The Morgan fingerprint density at radius 1 is 1.11 bits per heavy atom. The predicted molar refractivity (Wildman–Crippen MR) is 137 cm³/mol. The first-order chi connectivity index (χ1) is 17.6. The Bertz CT molecular complexity index is 1550. The van der Waals surface area contributed by atoms with E-state index in [1.807, 2.05) is 0 Å². The molecule has 4 rings (SSSR count). The summed E-state index contributed by atoms with van der Waals surface area (Å²) in [6, 6.07) is 7.84. The van der Waals surface area contributed by atoms with Gasteiger partial charge in [-0.2, -0.15) is 0 Å². The summed E-state index contributed by atoms with van der Waals surface area (Å²) in [5.41, 5.74) is 5.30. The number of nitrogens with zero attached hydrogens (tertiary/aromatic N) is 1. The van der Waals surface area contributed by atoms with E-state index in [0.29, 0.717) is 11.8 Å². The van der Waals surface area contributed by atoms with Crippen LogP contribution in [-0.4, -0.2) is 36.1 Å². The number of carbonyl (C=O) groups excluding carboxylic acids is 3. The fraction of sp³-hybridized carbons (Fsp3) is 0.160. The molecule has 0 saturated heterocycles. The summed E-state index contributed by atoms with van der Waals surface area (Å²) in [6.45, 7) is 1.54. The topological polar surface area (TPSA) is 101 Å². The Morgan fingerprint density at radius 2 is 1.76 bits per heavy atom. The summed E-state index contributed by atoms with van der Waals surface area (Å²) in [6.07, 6.45) is 1.22. The van der Waals surface area contributed by atoms with Gasteiger partial charge in [0.15, 0.2) is 5.69 Å². The minimum atomic E-state index is -1.39. The van der Waals surface area contributed by atoms with Crippen molar-refractivity contribution in [3.8, 4) is 0 Å². The maximum atomic E-state index is 14.9. The van der Waals surface area contributed by atoms with Crippen molar-refractivity contribution in [3.63, 3.8) is 0 Å². The standard InChI is InChI=1S/C25H18Cl2F2N2O5S/c1-3-36-25(34)22-19-12(10-11-13(26)6-4-8-15(11)28)18(30)20(24(33)35-2)31(19)23(32)21(37-22)17-14(27)7-5-9-16(17)29/h4-10,21H,3,30H2,1-2H3/b12-10+/t21-/m1/s1. The minimum absolute atomic E-state index is 0.0162. The van der Waals surface area contributed by atoms with Crippen LogP contribution in [0.5, 0.6) is 0 Å². The number of esters is 2. The van der Waals surface area contributed by atoms with Crippen molar-refractivity contribution in [2.75, 3.05) is 19.5 Å². The number of thioether (sulfide) groups is 1. The third-order valence-electron chi connectivity index (χ3n) is 5.53. The molecule has 1 aliphatic rings. The second-order valence-corrected chi connectivity index (χ2v) is 9.58. The van der Waals surface area contributed by atoms with Crippen LogP contribution in [0.15, 0.2) is 36.4 Å². The van der Waals surface area contributed by atoms with Crippen LogP contribution in [0.1, 0.15) is 38.6 Å². The van der Waals surface area contributed by atoms with E-state index in [-0.39, 0.29) is 48.9 Å². The van der Waals surface area contributed by atoms with Gasteiger partial charge in [-0.05, 0) is 37.3 Å². The van der Waals surface area contributed by atoms with Gasteiger partial charge in [-0.15, -0.1) is 0 Å². The molecule has 192 valence electrons. The molecule has 0 fully saturated rings. The quantitative estimate of drug-likeness (QED) is 0.464. The van der Waals surface area contributed by atoms with Gasteiger partial charge in [-0.3, -0.25) is 9.36 Å². The number of halogens is 4. The zero-order valence-electron chi connectivity index (χ0n) is 19.3. The van der Waals surface area contributed by atoms with Gasteiger partial charge in [-0.25, -0.2) is 18.4 Å². The van der Waals surface area contributed by atoms with E-state index in [2.05, 4.69) is 0 Å². The molecule has 1 aliphatic heterocycles. The van der Waals surface area contributed by atoms with Crippen LogP contribution in [0.2, 0.25) is 10.0 Å². The van der Waals surface area contributed by atoms with Gasteiger partial charge in [0.1, 0.15) is 21.8 Å². The van der Waals surface area contributed by atoms with Gasteiger partial charge >= 0.3 is 11.9 Å². The Balaban J connectivity index is 2.18. The number of anilines is 1. The summed E-state index contributed by atoms with van der Waals surface area (Å²) in [4.78, 5) is 39.6. The monoisotopic (exact) mass is 566 g/mol. The van der Waals surface area contributed by atoms with Crippen molar-refractivity contribution in [1.82, 2.24) is 4.57 Å². The third kappa shape index (κ3) is 4.60. The number of hydrogen-bond donors (Lipinski definition) is 1. The molecule has 0 unspecified atom stereocenters. The summed E-state index contributed by atoms with van der Waals surface area (Å²) in [5.74, 6) is -4.22. The number of rotatable bonds is 5. The molecule has 3 aromatic rings. The number of aromatic nitrogens is 1. The van der Waals surface area contributed by atoms with E-state index < -0.39 is 40.4 Å². The fourth-order valence-electron chi connectivity index (χ4n) is 3.92. The van der Waals surface area contributed by atoms with Crippen LogP contribution in [0.4, 0.5) is 14.5 Å². The molecule has 1 atom stereocenters. The van der Waals surface area contributed by atoms with Gasteiger partial charge in [0.25, 0.3) is 0 Å². The fourth-order valence-corrected chi connectivity index (χ4v) is 5.74. The molecular weight excluding hydrogens is 549 g/mol. The van der Waals surface area contributed by atoms with Crippen LogP contribution in [0, 0.1) is 11.6 Å². The van der Waals surface area contributed by atoms with E-state index in [0.717, 1.165) is 23.8 Å². The lowest BCUT2D eigenvalue weighted by Crippen LogP contribution is -2.43. The molecule has 2 N–H and O–H groups in total. The van der Waals surface area contributed by atoms with E-state index in [4.69, 9.17) is 38.4 Å². The minimum Gasteiger partial charge on any atom is -0.464 e. The smallest absolute Gasteiger partial charge is 0.357 e. The van der Waals surface area contributed by atoms with Gasteiger partial charge < -0.3 is 15.2 Å². The lowest BCUT2D eigenvalue weighted by atomic mass is 10.1. The normalized spacial score (nSPS) is 15.5. The van der Waals surface area contributed by atoms with Crippen molar-refractivity contribution >= 4 is 69.5 Å². The molecule has 1 aromatic heterocycles. The van der Waals surface area contributed by atoms with Gasteiger partial charge in [-0.1, -0.05) is 47.1 Å². The molecule has 2 heterocycles. The molecule has 37 heavy (non-hydrogen) atoms. The van der Waals surface area contributed by atoms with Crippen molar-refractivity contribution < 1.29 is 32.6 Å². The van der Waals surface area contributed by atoms with Gasteiger partial charge in [0, 0.05) is 21.4 Å². The predicted octanol–water partition coefficient (Wildman–Crippen LogP) is 4.07. The molecular formula is C25H18Cl2F2N2O5S. The Hall–Kier alpha value is -3.34. The largest absolute Gasteiger partial charge is 0.464 e. The molecule has 0 saturated carbocycles. The maximum absolute atomic E-state index is 14.9. The number of hydrogen-bond acceptors (Lipinski definition) is 7. The van der Waals surface area contributed by atoms with E-state index >= 15 is 0 Å². The summed E-state index contributed by atoms with van der Waals surface area (Å²) in [7, 11) is 1.07. The summed E-state index contributed by atoms with van der Waals surface area (Å²) in [5, 5.41) is -1.63. The second kappa shape index (κ2) is 10.6. The molecule has 0 amide bonds. The molecule has 0 spiro atoms. The Labute approximate surface area is 223 Å². The second-order valence-electron chi connectivity index (χ2n) is 7.65. The van der Waals surface area contributed by atoms with Gasteiger partial charge in [0.05, 0.1) is 29.8 Å². The highest BCUT2D eigenvalue weighted by atomic mass is 35.5. The molecule has 12 heteroatoms. The number of benzene rings is 2. The lowest BCUT2D eigenvalue weighted by molar-refractivity contribution is -0.135. The first kappa shape index (κ1) is 26.7. The number of nitrogens with two attached hydrogens (primary N) is 1. The first-order valence-corrected chi connectivity index (χ1v) is 12.4. The number of carbonyl (C=O) groups is 3. The Morgan fingerprint density at radius 3 is 2.35 bits per heavy atom. The van der Waals surface area contributed by atoms with Crippen LogP contribution in [0.25, 0.3) is 11.0 Å². The van der Waals surface area contributed by atoms with Crippen LogP contribution in [-0.2, 0) is 14.3 Å². The van der Waals surface area contributed by atoms with E-state index in [1.54, 1.807) is 6.92 Å². The number of nitrogen functional groups attached to an aromatic ring is 1. The molecule has 0 bridgehead atoms. The summed E-state index contributed by atoms with van der Waals surface area (Å²) < 4.78 is 40.4. The van der Waals surface area contributed by atoms with E-state index in [1.165, 1.54) is 30.3 Å². The molecule has 2 aromatic carbocycles. The highest BCUT2D eigenvalue weighted by Crippen LogP contribution is 2.43. The van der Waals surface area contributed by atoms with Crippen molar-refractivity contribution in [3.05, 3.63) is 85.5 Å². The first-order valence-electron chi connectivity index (χ1n) is 10.7. The van der Waals surface area contributed by atoms with Crippen LogP contribution in [0.3, 0.4) is 0 Å². The number of fused-ring (bicyclic) bond motifs is 1. The van der Waals surface area contributed by atoms with Gasteiger partial charge in [0.2, 0.25) is 5.91 Å². The highest BCUT2D eigenvalue weighted by Gasteiger charge is 2.40. The molecule has 0 aliphatic carbocycles. The number of methoxy groups -OCH3 is 1. The van der Waals surface area contributed by atoms with Crippen molar-refractivity contribution in [1.29, 1.82) is 0 Å². The van der Waals surface area contributed by atoms with Crippen molar-refractivity contribution in [2.45, 2.75) is 12.2 Å². The highest BCUT2D eigenvalue weighted by molar-refractivity contribution is 8.10. The third-order valence-corrected chi connectivity index (χ3v) is 7.46. The van der Waals surface area contributed by atoms with Crippen LogP contribution >= 0.6 is 35.0 Å². The van der Waals surface area contributed by atoms with Crippen LogP contribution < -0.4 is 16.3 Å². The average molecular weight is 567 g/mol. The average Bonchev–Trinajstić information content (AvgIpc) is 3.14. The summed E-state index contributed by atoms with van der Waals surface area (Å²) >= 11 is 13.1. The zero-order chi connectivity index (χ0) is 27.0. The Kier molecular flexibility index (Phi) is 7.63. The SMILES string of the molecule is CCOC(=O)C1=c2/c(=C/c3c(F)cccc3Cl)c(N)c(C(=O)OC)n2C(=O)[C@@H](c2c(F)cccc2Cl)S1. The maximum Gasteiger partial charge on any atom is 0.357 e. The molecule has 0 radical (unpaired) electrons. The molecule has 7 nitrogen and oxygen atoms in total. The number of ether oxygens (including phenoxy) is 2. The lowest BCUT2D eigenvalue weighted by Gasteiger charge is -2.24.